The van der Waals surface area contributed by atoms with Crippen molar-refractivity contribution in [3.05, 3.63) is 42.0 Å². The summed E-state index contributed by atoms with van der Waals surface area (Å²) in [7, 11) is 3.17. The van der Waals surface area contributed by atoms with Crippen molar-refractivity contribution in [2.45, 2.75) is 38.6 Å². The first-order chi connectivity index (χ1) is 12.5. The summed E-state index contributed by atoms with van der Waals surface area (Å²) in [5.74, 6) is 2.56. The summed E-state index contributed by atoms with van der Waals surface area (Å²) >= 11 is 0. The summed E-state index contributed by atoms with van der Waals surface area (Å²) in [6.45, 7) is 5.77. The lowest BCUT2D eigenvalue weighted by Gasteiger charge is -2.33. The van der Waals surface area contributed by atoms with Gasteiger partial charge in [-0.3, -0.25) is 4.79 Å². The highest BCUT2D eigenvalue weighted by Crippen LogP contribution is 2.31. The van der Waals surface area contributed by atoms with Gasteiger partial charge in [0.2, 0.25) is 0 Å². The van der Waals surface area contributed by atoms with E-state index in [1.165, 1.54) is 0 Å². The van der Waals surface area contributed by atoms with Gasteiger partial charge in [-0.25, -0.2) is 4.98 Å². The summed E-state index contributed by atoms with van der Waals surface area (Å²) in [6, 6.07) is 5.69. The molecule has 0 radical (unpaired) electrons. The molecule has 1 aliphatic heterocycles. The Morgan fingerprint density at radius 2 is 2.00 bits per heavy atom. The third-order valence-corrected chi connectivity index (χ3v) is 4.96. The van der Waals surface area contributed by atoms with Gasteiger partial charge < -0.3 is 18.9 Å². The number of ether oxygens (including phenoxy) is 2. The van der Waals surface area contributed by atoms with E-state index in [2.05, 4.69) is 23.4 Å². The van der Waals surface area contributed by atoms with Crippen molar-refractivity contribution >= 4 is 5.91 Å². The molecule has 1 aromatic carbocycles. The minimum atomic E-state index is 0.0262. The van der Waals surface area contributed by atoms with Crippen LogP contribution in [0.3, 0.4) is 0 Å². The number of piperidine rings is 1. The number of amides is 1. The van der Waals surface area contributed by atoms with Gasteiger partial charge >= 0.3 is 0 Å². The van der Waals surface area contributed by atoms with Gasteiger partial charge in [0.15, 0.2) is 11.5 Å². The molecule has 1 aliphatic rings. The Balaban J connectivity index is 1.79. The van der Waals surface area contributed by atoms with Crippen molar-refractivity contribution in [1.82, 2.24) is 14.5 Å². The monoisotopic (exact) mass is 357 g/mol. The van der Waals surface area contributed by atoms with Gasteiger partial charge in [0, 0.05) is 43.0 Å². The molecule has 2 aromatic rings. The normalized spacial score (nSPS) is 17.4. The van der Waals surface area contributed by atoms with Crippen molar-refractivity contribution in [1.29, 1.82) is 0 Å². The Morgan fingerprint density at radius 3 is 2.69 bits per heavy atom. The lowest BCUT2D eigenvalue weighted by atomic mass is 9.96. The molecule has 3 rings (SSSR count). The highest BCUT2D eigenvalue weighted by Gasteiger charge is 2.28. The van der Waals surface area contributed by atoms with Crippen LogP contribution in [-0.4, -0.2) is 47.7 Å². The number of nitrogens with zero attached hydrogens (tertiary/aromatic N) is 3. The Hall–Kier alpha value is -2.50. The average Bonchev–Trinajstić information content (AvgIpc) is 3.17. The van der Waals surface area contributed by atoms with Crippen LogP contribution in [0.15, 0.2) is 30.6 Å². The molecule has 1 saturated heterocycles. The third-order valence-electron chi connectivity index (χ3n) is 4.96. The molecule has 0 bridgehead atoms. The molecule has 1 atom stereocenters. The van der Waals surface area contributed by atoms with E-state index < -0.39 is 0 Å². The van der Waals surface area contributed by atoms with Crippen molar-refractivity contribution in [3.8, 4) is 11.5 Å². The van der Waals surface area contributed by atoms with Crippen LogP contribution in [0.1, 0.15) is 54.8 Å². The van der Waals surface area contributed by atoms with E-state index in [0.717, 1.165) is 25.2 Å². The van der Waals surface area contributed by atoms with Crippen molar-refractivity contribution in [2.24, 2.45) is 0 Å². The first-order valence-corrected chi connectivity index (χ1v) is 9.09. The minimum Gasteiger partial charge on any atom is -0.493 e. The molecule has 0 saturated carbocycles. The topological polar surface area (TPSA) is 56.6 Å². The molecule has 1 fully saturated rings. The highest BCUT2D eigenvalue weighted by atomic mass is 16.5. The zero-order valence-corrected chi connectivity index (χ0v) is 15.9. The number of benzene rings is 1. The minimum absolute atomic E-state index is 0.0262. The van der Waals surface area contributed by atoms with E-state index in [-0.39, 0.29) is 11.8 Å². The second-order valence-electron chi connectivity index (χ2n) is 6.95. The number of hydrogen-bond donors (Lipinski definition) is 0. The molecule has 0 spiro atoms. The summed E-state index contributed by atoms with van der Waals surface area (Å²) in [6.07, 6.45) is 5.91. The van der Waals surface area contributed by atoms with Gasteiger partial charge in [0.05, 0.1) is 14.2 Å². The molecular weight excluding hydrogens is 330 g/mol. The number of aromatic nitrogens is 2. The lowest BCUT2D eigenvalue weighted by Crippen LogP contribution is -2.39. The molecule has 26 heavy (non-hydrogen) atoms. The second-order valence-corrected chi connectivity index (χ2v) is 6.95. The average molecular weight is 357 g/mol. The first kappa shape index (κ1) is 18.3. The van der Waals surface area contributed by atoms with E-state index in [0.29, 0.717) is 29.6 Å². The van der Waals surface area contributed by atoms with Crippen LogP contribution in [0.2, 0.25) is 0 Å². The number of hydrogen-bond acceptors (Lipinski definition) is 4. The zero-order valence-electron chi connectivity index (χ0n) is 15.9. The molecule has 0 N–H and O–H groups in total. The molecule has 0 aliphatic carbocycles. The van der Waals surface area contributed by atoms with E-state index >= 15 is 0 Å². The molecule has 1 aromatic heterocycles. The second kappa shape index (κ2) is 7.81. The fraction of sp³-hybridized carbons (Fsp3) is 0.500. The summed E-state index contributed by atoms with van der Waals surface area (Å²) < 4.78 is 12.8. The molecule has 1 amide bonds. The number of imidazole rings is 1. The molecule has 2 heterocycles. The van der Waals surface area contributed by atoms with Crippen LogP contribution in [0, 0.1) is 0 Å². The SMILES string of the molecule is COc1ccc(C(=O)N2CCC[C@@H](c3nccn3C(C)C)C2)cc1OC. The predicted octanol–water partition coefficient (Wildman–Crippen LogP) is 3.50. The fourth-order valence-electron chi connectivity index (χ4n) is 3.60. The lowest BCUT2D eigenvalue weighted by molar-refractivity contribution is 0.0702. The van der Waals surface area contributed by atoms with Crippen LogP contribution < -0.4 is 9.47 Å². The fourth-order valence-corrected chi connectivity index (χ4v) is 3.60. The van der Waals surface area contributed by atoms with Crippen LogP contribution in [0.5, 0.6) is 11.5 Å². The Kier molecular flexibility index (Phi) is 5.49. The first-order valence-electron chi connectivity index (χ1n) is 9.09. The number of rotatable bonds is 5. The molecule has 0 unspecified atom stereocenters. The Labute approximate surface area is 154 Å². The van der Waals surface area contributed by atoms with Crippen molar-refractivity contribution < 1.29 is 14.3 Å². The van der Waals surface area contributed by atoms with Crippen LogP contribution >= 0.6 is 0 Å². The van der Waals surface area contributed by atoms with Crippen LogP contribution in [-0.2, 0) is 0 Å². The molecular formula is C20H27N3O3. The van der Waals surface area contributed by atoms with Crippen molar-refractivity contribution in [3.63, 3.8) is 0 Å². The maximum Gasteiger partial charge on any atom is 0.254 e. The maximum atomic E-state index is 13.0. The van der Waals surface area contributed by atoms with Crippen molar-refractivity contribution in [2.75, 3.05) is 27.3 Å². The Bertz CT molecular complexity index is 769. The third kappa shape index (κ3) is 3.54. The zero-order chi connectivity index (χ0) is 18.7. The van der Waals surface area contributed by atoms with Gasteiger partial charge in [-0.1, -0.05) is 0 Å². The van der Waals surface area contributed by atoms with Gasteiger partial charge in [0.1, 0.15) is 5.82 Å². The standard InChI is InChI=1S/C20H27N3O3/c1-14(2)23-11-9-21-19(23)16-6-5-10-22(13-16)20(24)15-7-8-17(25-3)18(12-15)26-4/h7-9,11-12,14,16H,5-6,10,13H2,1-4H3/t16-/m1/s1. The molecule has 6 heteroatoms. The van der Waals surface area contributed by atoms with Crippen LogP contribution in [0.25, 0.3) is 0 Å². The maximum absolute atomic E-state index is 13.0. The highest BCUT2D eigenvalue weighted by molar-refractivity contribution is 5.95. The smallest absolute Gasteiger partial charge is 0.254 e. The van der Waals surface area contributed by atoms with Crippen LogP contribution in [0.4, 0.5) is 0 Å². The largest absolute Gasteiger partial charge is 0.493 e. The molecule has 140 valence electrons. The van der Waals surface area contributed by atoms with E-state index in [1.54, 1.807) is 32.4 Å². The quantitative estimate of drug-likeness (QED) is 0.822. The van der Waals surface area contributed by atoms with Gasteiger partial charge in [-0.05, 0) is 44.9 Å². The van der Waals surface area contributed by atoms with E-state index in [1.807, 2.05) is 17.3 Å². The summed E-state index contributed by atoms with van der Waals surface area (Å²) in [5, 5.41) is 0. The number of methoxy groups -OCH3 is 2. The predicted molar refractivity (Wildman–Crippen MR) is 100 cm³/mol. The Morgan fingerprint density at radius 1 is 1.23 bits per heavy atom. The van der Waals surface area contributed by atoms with E-state index in [4.69, 9.17) is 9.47 Å². The van der Waals surface area contributed by atoms with Gasteiger partial charge in [-0.15, -0.1) is 0 Å². The van der Waals surface area contributed by atoms with Gasteiger partial charge in [0.25, 0.3) is 5.91 Å². The number of likely N-dealkylation sites (tertiary alicyclic amines) is 1. The number of carbonyl (C=O) groups excluding carboxylic acids is 1. The summed E-state index contributed by atoms with van der Waals surface area (Å²) in [5.41, 5.74) is 0.621. The number of carbonyl (C=O) groups is 1. The van der Waals surface area contributed by atoms with E-state index in [9.17, 15) is 4.79 Å². The molecule has 6 nitrogen and oxygen atoms in total. The van der Waals surface area contributed by atoms with Gasteiger partial charge in [-0.2, -0.15) is 0 Å². The summed E-state index contributed by atoms with van der Waals surface area (Å²) in [4.78, 5) is 19.5.